The predicted molar refractivity (Wildman–Crippen MR) is 80.1 cm³/mol. The fourth-order valence-corrected chi connectivity index (χ4v) is 2.38. The van der Waals surface area contributed by atoms with E-state index in [1.54, 1.807) is 31.2 Å². The lowest BCUT2D eigenvalue weighted by Crippen LogP contribution is -2.27. The first-order chi connectivity index (χ1) is 10.0. The van der Waals surface area contributed by atoms with Gasteiger partial charge >= 0.3 is 5.97 Å². The van der Waals surface area contributed by atoms with Crippen LogP contribution in [0.25, 0.3) is 0 Å². The number of nitrogens with two attached hydrogens (primary N) is 1. The van der Waals surface area contributed by atoms with Crippen molar-refractivity contribution in [3.8, 4) is 0 Å². The normalized spacial score (nSPS) is 16.3. The summed E-state index contributed by atoms with van der Waals surface area (Å²) in [5, 5.41) is 9.22. The van der Waals surface area contributed by atoms with E-state index in [1.165, 1.54) is 0 Å². The molecule has 1 heterocycles. The van der Waals surface area contributed by atoms with Crippen molar-refractivity contribution in [1.82, 2.24) is 0 Å². The fourth-order valence-electron chi connectivity index (χ4n) is 2.38. The molecular weight excluding hydrogens is 268 g/mol. The number of allylic oxidation sites excluding steroid dienone is 2. The number of hydrogen-bond donors (Lipinski definition) is 2. The number of hydrogen-bond acceptors (Lipinski definition) is 4. The van der Waals surface area contributed by atoms with Gasteiger partial charge in [-0.2, -0.15) is 0 Å². The van der Waals surface area contributed by atoms with E-state index in [0.717, 1.165) is 0 Å². The van der Waals surface area contributed by atoms with Crippen molar-refractivity contribution in [2.45, 2.75) is 26.2 Å². The molecule has 0 saturated carbocycles. The van der Waals surface area contributed by atoms with Crippen LogP contribution >= 0.6 is 0 Å². The van der Waals surface area contributed by atoms with Crippen molar-refractivity contribution in [2.24, 2.45) is 16.6 Å². The van der Waals surface area contributed by atoms with Crippen LogP contribution in [0, 0.1) is 5.92 Å². The second-order valence-corrected chi connectivity index (χ2v) is 4.97. The van der Waals surface area contributed by atoms with E-state index in [1.807, 2.05) is 6.07 Å². The molecule has 21 heavy (non-hydrogen) atoms. The fraction of sp³-hybridized carbons (Fsp3) is 0.312. The molecule has 1 unspecified atom stereocenters. The standard InChI is InChI=1S/C16H18N2O3/c1-2-11(16(20)21)13-9-8-12(17)14(18-13)15(19)10-6-4-3-5-7-10/h3-7,11H,2,8-9,17H2,1H3,(H,20,21). The van der Waals surface area contributed by atoms with E-state index in [4.69, 9.17) is 5.73 Å². The molecule has 0 radical (unpaired) electrons. The maximum Gasteiger partial charge on any atom is 0.312 e. The first-order valence-electron chi connectivity index (χ1n) is 6.93. The number of carbonyl (C=O) groups excluding carboxylic acids is 1. The summed E-state index contributed by atoms with van der Waals surface area (Å²) < 4.78 is 0. The summed E-state index contributed by atoms with van der Waals surface area (Å²) in [5.74, 6) is -1.83. The molecule has 0 bridgehead atoms. The summed E-state index contributed by atoms with van der Waals surface area (Å²) in [6.07, 6.45) is 1.40. The summed E-state index contributed by atoms with van der Waals surface area (Å²) >= 11 is 0. The number of carboxylic acid groups (broad SMARTS) is 1. The van der Waals surface area contributed by atoms with Crippen molar-refractivity contribution in [3.05, 3.63) is 47.3 Å². The Morgan fingerprint density at radius 2 is 1.95 bits per heavy atom. The smallest absolute Gasteiger partial charge is 0.312 e. The van der Waals surface area contributed by atoms with Gasteiger partial charge in [-0.1, -0.05) is 37.3 Å². The van der Waals surface area contributed by atoms with Crippen LogP contribution in [-0.2, 0) is 4.79 Å². The van der Waals surface area contributed by atoms with E-state index in [2.05, 4.69) is 4.99 Å². The van der Waals surface area contributed by atoms with Crippen molar-refractivity contribution in [1.29, 1.82) is 0 Å². The zero-order chi connectivity index (χ0) is 15.4. The average molecular weight is 286 g/mol. The molecule has 1 aromatic rings. The minimum Gasteiger partial charge on any atom is -0.481 e. The Kier molecular flexibility index (Phi) is 4.52. The quantitative estimate of drug-likeness (QED) is 0.813. The number of ketones is 1. The van der Waals surface area contributed by atoms with Crippen molar-refractivity contribution < 1.29 is 14.7 Å². The monoisotopic (exact) mass is 286 g/mol. The molecule has 0 amide bonds. The first-order valence-corrected chi connectivity index (χ1v) is 6.93. The lowest BCUT2D eigenvalue weighted by Gasteiger charge is -2.20. The largest absolute Gasteiger partial charge is 0.481 e. The van der Waals surface area contributed by atoms with Crippen LogP contribution in [0.3, 0.4) is 0 Å². The van der Waals surface area contributed by atoms with Crippen LogP contribution in [0.15, 0.2) is 46.7 Å². The average Bonchev–Trinajstić information content (AvgIpc) is 2.49. The Morgan fingerprint density at radius 3 is 2.52 bits per heavy atom. The van der Waals surface area contributed by atoms with Crippen molar-refractivity contribution in [2.75, 3.05) is 0 Å². The van der Waals surface area contributed by atoms with Gasteiger partial charge in [0.05, 0.1) is 5.92 Å². The predicted octanol–water partition coefficient (Wildman–Crippen LogP) is 2.39. The third-order valence-corrected chi connectivity index (χ3v) is 3.57. The van der Waals surface area contributed by atoms with Crippen LogP contribution in [0.1, 0.15) is 36.5 Å². The Morgan fingerprint density at radius 1 is 1.29 bits per heavy atom. The molecule has 0 saturated heterocycles. The van der Waals surface area contributed by atoms with Gasteiger partial charge in [-0.05, 0) is 19.3 Å². The molecule has 3 N–H and O–H groups in total. The van der Waals surface area contributed by atoms with Gasteiger partial charge in [0, 0.05) is 17.0 Å². The van der Waals surface area contributed by atoms with Crippen LogP contribution in [0.4, 0.5) is 0 Å². The lowest BCUT2D eigenvalue weighted by atomic mass is 9.92. The van der Waals surface area contributed by atoms with Crippen LogP contribution in [0.5, 0.6) is 0 Å². The molecular formula is C16H18N2O3. The van der Waals surface area contributed by atoms with Gasteiger partial charge < -0.3 is 10.8 Å². The highest BCUT2D eigenvalue weighted by molar-refractivity contribution is 6.12. The van der Waals surface area contributed by atoms with Gasteiger partial charge in [0.25, 0.3) is 0 Å². The molecule has 0 aliphatic carbocycles. The Labute approximate surface area is 123 Å². The van der Waals surface area contributed by atoms with Crippen LogP contribution in [0.2, 0.25) is 0 Å². The zero-order valence-corrected chi connectivity index (χ0v) is 11.9. The molecule has 0 spiro atoms. The van der Waals surface area contributed by atoms with Crippen molar-refractivity contribution >= 4 is 17.5 Å². The molecule has 2 rings (SSSR count). The highest BCUT2D eigenvalue weighted by Crippen LogP contribution is 2.24. The third kappa shape index (κ3) is 3.18. The van der Waals surface area contributed by atoms with Crippen molar-refractivity contribution in [3.63, 3.8) is 0 Å². The molecule has 5 heteroatoms. The second kappa shape index (κ2) is 6.35. The van der Waals surface area contributed by atoms with E-state index >= 15 is 0 Å². The minimum absolute atomic E-state index is 0.183. The molecule has 5 nitrogen and oxygen atoms in total. The SMILES string of the molecule is CCC(C(=O)O)C1=NC(C(=O)c2ccccc2)=C(N)CC1. The minimum atomic E-state index is -0.914. The Balaban J connectivity index is 2.36. The Bertz CT molecular complexity index is 618. The molecule has 1 aromatic carbocycles. The number of nitrogens with zero attached hydrogens (tertiary/aromatic N) is 1. The zero-order valence-electron chi connectivity index (χ0n) is 11.9. The number of carboxylic acids is 1. The number of rotatable bonds is 5. The van der Waals surface area contributed by atoms with Gasteiger partial charge in [-0.3, -0.25) is 14.6 Å². The molecule has 0 aromatic heterocycles. The number of aliphatic carboxylic acids is 1. The Hall–Kier alpha value is -2.43. The highest BCUT2D eigenvalue weighted by Gasteiger charge is 2.27. The molecule has 0 fully saturated rings. The summed E-state index contributed by atoms with van der Waals surface area (Å²) in [6, 6.07) is 8.75. The van der Waals surface area contributed by atoms with E-state index < -0.39 is 11.9 Å². The van der Waals surface area contributed by atoms with E-state index in [-0.39, 0.29) is 11.5 Å². The first kappa shape index (κ1) is 15.0. The summed E-state index contributed by atoms with van der Waals surface area (Å²) in [5.41, 5.74) is 7.54. The molecule has 110 valence electrons. The number of Topliss-reactive ketones (excluding diaryl/α,β-unsaturated/α-hetero) is 1. The molecule has 1 aliphatic heterocycles. The van der Waals surface area contributed by atoms with Gasteiger partial charge in [0.2, 0.25) is 5.78 Å². The maximum atomic E-state index is 12.4. The maximum absolute atomic E-state index is 12.4. The van der Waals surface area contributed by atoms with Gasteiger partial charge in [-0.15, -0.1) is 0 Å². The number of carbonyl (C=O) groups is 2. The summed E-state index contributed by atoms with van der Waals surface area (Å²) in [7, 11) is 0. The van der Waals surface area contributed by atoms with E-state index in [9.17, 15) is 14.7 Å². The number of benzene rings is 1. The number of aliphatic imine (C=N–C) groups is 1. The third-order valence-electron chi connectivity index (χ3n) is 3.57. The lowest BCUT2D eigenvalue weighted by molar-refractivity contribution is -0.139. The highest BCUT2D eigenvalue weighted by atomic mass is 16.4. The van der Waals surface area contributed by atoms with Crippen LogP contribution in [-0.4, -0.2) is 22.6 Å². The van der Waals surface area contributed by atoms with Gasteiger partial charge in [0.1, 0.15) is 5.70 Å². The second-order valence-electron chi connectivity index (χ2n) is 4.97. The molecule has 1 atom stereocenters. The molecule has 1 aliphatic rings. The van der Waals surface area contributed by atoms with E-state index in [0.29, 0.717) is 36.2 Å². The summed E-state index contributed by atoms with van der Waals surface area (Å²) in [4.78, 5) is 28.0. The topological polar surface area (TPSA) is 92.7 Å². The van der Waals surface area contributed by atoms with Gasteiger partial charge in [0.15, 0.2) is 0 Å². The summed E-state index contributed by atoms with van der Waals surface area (Å²) in [6.45, 7) is 1.79. The van der Waals surface area contributed by atoms with Gasteiger partial charge in [-0.25, -0.2) is 0 Å². The van der Waals surface area contributed by atoms with Crippen LogP contribution < -0.4 is 5.73 Å².